The summed E-state index contributed by atoms with van der Waals surface area (Å²) in [6, 6.07) is 0. The fourth-order valence-corrected chi connectivity index (χ4v) is 2.33. The highest BCUT2D eigenvalue weighted by molar-refractivity contribution is 5.53. The third-order valence-electron chi connectivity index (χ3n) is 3.12. The predicted molar refractivity (Wildman–Crippen MR) is 64.0 cm³/mol. The zero-order chi connectivity index (χ0) is 11.7. The molecule has 0 spiro atoms. The molecule has 0 aromatic rings. The predicted octanol–water partition coefficient (Wildman–Crippen LogP) is 1.99. The van der Waals surface area contributed by atoms with Crippen LogP contribution in [0.3, 0.4) is 0 Å². The molecule has 0 bridgehead atoms. The third-order valence-corrected chi connectivity index (χ3v) is 3.12. The third kappa shape index (κ3) is 1.88. The number of hydrogen-bond acceptors (Lipinski definition) is 3. The van der Waals surface area contributed by atoms with Crippen LogP contribution in [-0.4, -0.2) is 24.1 Å². The van der Waals surface area contributed by atoms with Crippen LogP contribution in [0.5, 0.6) is 0 Å². The summed E-state index contributed by atoms with van der Waals surface area (Å²) in [6.45, 7) is 0.229. The molecule has 0 aromatic heterocycles. The Morgan fingerprint density at radius 3 is 3.12 bits per heavy atom. The van der Waals surface area contributed by atoms with Gasteiger partial charge in [0, 0.05) is 5.57 Å². The molecule has 0 saturated carbocycles. The fraction of sp³-hybridized carbons (Fsp3) is 0.286. The van der Waals surface area contributed by atoms with E-state index in [4.69, 9.17) is 9.47 Å². The zero-order valence-corrected chi connectivity index (χ0v) is 9.37. The monoisotopic (exact) mass is 230 g/mol. The molecular formula is C14H14O3. The van der Waals surface area contributed by atoms with Gasteiger partial charge in [-0.2, -0.15) is 0 Å². The van der Waals surface area contributed by atoms with Gasteiger partial charge in [0.05, 0.1) is 12.4 Å². The minimum absolute atomic E-state index is 0.125. The van der Waals surface area contributed by atoms with Crippen molar-refractivity contribution >= 4 is 0 Å². The van der Waals surface area contributed by atoms with E-state index in [2.05, 4.69) is 0 Å². The molecule has 0 aromatic carbocycles. The van der Waals surface area contributed by atoms with Gasteiger partial charge in [-0.1, -0.05) is 36.5 Å². The van der Waals surface area contributed by atoms with Crippen molar-refractivity contribution in [2.45, 2.75) is 18.6 Å². The standard InChI is InChI=1S/C14H14O3/c15-12-6-3-4-10-8-16-9-17-13-7-2-1-5-11(13)14(10)12/h1-5,7-8,12-13,15H,6,9H2. The highest BCUT2D eigenvalue weighted by Gasteiger charge is 2.26. The van der Waals surface area contributed by atoms with Crippen LogP contribution in [0.4, 0.5) is 0 Å². The van der Waals surface area contributed by atoms with E-state index in [0.29, 0.717) is 6.42 Å². The lowest BCUT2D eigenvalue weighted by atomic mass is 9.86. The Bertz CT molecular complexity index is 466. The van der Waals surface area contributed by atoms with E-state index in [0.717, 1.165) is 16.7 Å². The molecule has 3 nitrogen and oxygen atoms in total. The highest BCUT2D eigenvalue weighted by Crippen LogP contribution is 2.32. The van der Waals surface area contributed by atoms with E-state index in [-0.39, 0.29) is 12.9 Å². The Morgan fingerprint density at radius 2 is 2.18 bits per heavy atom. The highest BCUT2D eigenvalue weighted by atomic mass is 16.7. The van der Waals surface area contributed by atoms with E-state index < -0.39 is 6.10 Å². The van der Waals surface area contributed by atoms with Crippen molar-refractivity contribution in [1.29, 1.82) is 0 Å². The van der Waals surface area contributed by atoms with Crippen molar-refractivity contribution in [3.63, 3.8) is 0 Å². The number of allylic oxidation sites excluding steroid dienone is 3. The molecule has 3 aliphatic rings. The van der Waals surface area contributed by atoms with E-state index in [1.54, 1.807) is 6.26 Å². The minimum atomic E-state index is -0.481. The number of hydrogen-bond donors (Lipinski definition) is 1. The molecule has 2 atom stereocenters. The summed E-state index contributed by atoms with van der Waals surface area (Å²) in [6.07, 6.45) is 13.5. The first kappa shape index (κ1) is 10.6. The van der Waals surface area contributed by atoms with Gasteiger partial charge in [-0.05, 0) is 17.6 Å². The molecule has 0 fully saturated rings. The molecule has 1 aliphatic heterocycles. The van der Waals surface area contributed by atoms with E-state index in [1.807, 2.05) is 36.5 Å². The van der Waals surface area contributed by atoms with Gasteiger partial charge in [0.15, 0.2) is 6.79 Å². The van der Waals surface area contributed by atoms with Crippen molar-refractivity contribution in [1.82, 2.24) is 0 Å². The lowest BCUT2D eigenvalue weighted by molar-refractivity contribution is -0.0289. The van der Waals surface area contributed by atoms with Crippen LogP contribution in [-0.2, 0) is 9.47 Å². The van der Waals surface area contributed by atoms with Crippen molar-refractivity contribution in [2.24, 2.45) is 0 Å². The van der Waals surface area contributed by atoms with Crippen LogP contribution in [0.25, 0.3) is 0 Å². The first-order valence-corrected chi connectivity index (χ1v) is 5.73. The Kier molecular flexibility index (Phi) is 2.71. The minimum Gasteiger partial charge on any atom is -0.474 e. The summed E-state index contributed by atoms with van der Waals surface area (Å²) in [4.78, 5) is 0. The summed E-state index contributed by atoms with van der Waals surface area (Å²) in [7, 11) is 0. The Hall–Kier alpha value is -1.58. The van der Waals surface area contributed by atoms with Gasteiger partial charge in [-0.25, -0.2) is 0 Å². The molecule has 3 rings (SSSR count). The van der Waals surface area contributed by atoms with Gasteiger partial charge in [0.2, 0.25) is 0 Å². The van der Waals surface area contributed by atoms with Crippen molar-refractivity contribution in [3.05, 3.63) is 59.4 Å². The van der Waals surface area contributed by atoms with Crippen LogP contribution in [0.2, 0.25) is 0 Å². The Morgan fingerprint density at radius 1 is 1.24 bits per heavy atom. The van der Waals surface area contributed by atoms with Gasteiger partial charge in [0.25, 0.3) is 0 Å². The molecule has 88 valence electrons. The second-order valence-electron chi connectivity index (χ2n) is 4.21. The zero-order valence-electron chi connectivity index (χ0n) is 9.37. The number of aliphatic hydroxyl groups excluding tert-OH is 1. The van der Waals surface area contributed by atoms with Gasteiger partial charge in [0.1, 0.15) is 6.10 Å². The van der Waals surface area contributed by atoms with Gasteiger partial charge >= 0.3 is 0 Å². The maximum Gasteiger partial charge on any atom is 0.189 e. The van der Waals surface area contributed by atoms with Gasteiger partial charge in [-0.3, -0.25) is 0 Å². The summed E-state index contributed by atoms with van der Waals surface area (Å²) >= 11 is 0. The van der Waals surface area contributed by atoms with Gasteiger partial charge < -0.3 is 14.6 Å². The first-order valence-electron chi connectivity index (χ1n) is 5.73. The van der Waals surface area contributed by atoms with Crippen LogP contribution in [0, 0.1) is 0 Å². The van der Waals surface area contributed by atoms with Crippen LogP contribution >= 0.6 is 0 Å². The summed E-state index contributed by atoms with van der Waals surface area (Å²) in [5, 5.41) is 10.1. The Balaban J connectivity index is 2.14. The second kappa shape index (κ2) is 4.35. The smallest absolute Gasteiger partial charge is 0.189 e. The Labute approximate surface area is 100 Å². The molecule has 0 radical (unpaired) electrons. The average Bonchev–Trinajstić information content (AvgIpc) is 2.32. The first-order chi connectivity index (χ1) is 8.36. The van der Waals surface area contributed by atoms with Crippen molar-refractivity contribution in [3.8, 4) is 0 Å². The number of fused-ring (bicyclic) bond motifs is 2. The SMILES string of the molecule is OC1CC=CC2=COCOC3C=CC=CC3=C21. The maximum absolute atomic E-state index is 10.1. The van der Waals surface area contributed by atoms with Crippen LogP contribution in [0.15, 0.2) is 59.4 Å². The quantitative estimate of drug-likeness (QED) is 0.691. The molecule has 1 N–H and O–H groups in total. The van der Waals surface area contributed by atoms with Crippen LogP contribution < -0.4 is 0 Å². The molecule has 3 heteroatoms. The normalized spacial score (nSPS) is 31.0. The molecule has 2 aliphatic carbocycles. The largest absolute Gasteiger partial charge is 0.474 e. The van der Waals surface area contributed by atoms with Crippen molar-refractivity contribution in [2.75, 3.05) is 6.79 Å². The summed E-state index contributed by atoms with van der Waals surface area (Å²) in [5.74, 6) is 0. The van der Waals surface area contributed by atoms with Crippen molar-refractivity contribution < 1.29 is 14.6 Å². The molecular weight excluding hydrogens is 216 g/mol. The van der Waals surface area contributed by atoms with Gasteiger partial charge in [-0.15, -0.1) is 0 Å². The lowest BCUT2D eigenvalue weighted by Crippen LogP contribution is -2.25. The molecule has 2 unspecified atom stereocenters. The van der Waals surface area contributed by atoms with E-state index in [1.165, 1.54) is 0 Å². The summed E-state index contributed by atoms with van der Waals surface area (Å²) < 4.78 is 10.9. The average molecular weight is 230 g/mol. The summed E-state index contributed by atoms with van der Waals surface area (Å²) in [5.41, 5.74) is 2.88. The second-order valence-corrected chi connectivity index (χ2v) is 4.21. The molecule has 0 saturated heterocycles. The fourth-order valence-electron chi connectivity index (χ4n) is 2.33. The number of ether oxygens (including phenoxy) is 2. The lowest BCUT2D eigenvalue weighted by Gasteiger charge is -2.28. The topological polar surface area (TPSA) is 38.7 Å². The molecule has 0 amide bonds. The molecule has 1 heterocycles. The number of aliphatic hydroxyl groups is 1. The van der Waals surface area contributed by atoms with E-state index >= 15 is 0 Å². The van der Waals surface area contributed by atoms with E-state index in [9.17, 15) is 5.11 Å². The maximum atomic E-state index is 10.1. The number of rotatable bonds is 0. The van der Waals surface area contributed by atoms with Crippen LogP contribution in [0.1, 0.15) is 6.42 Å². The molecule has 17 heavy (non-hydrogen) atoms.